The Labute approximate surface area is 88.4 Å². The monoisotopic (exact) mass is 209 g/mol. The quantitative estimate of drug-likeness (QED) is 0.782. The number of carbonyl (C=O) groups is 1. The molecule has 1 aliphatic heterocycles. The molecule has 1 aromatic heterocycles. The van der Waals surface area contributed by atoms with E-state index in [-0.39, 0.29) is 11.9 Å². The van der Waals surface area contributed by atoms with Crippen LogP contribution in [0.4, 0.5) is 0 Å². The van der Waals surface area contributed by atoms with Crippen molar-refractivity contribution in [2.75, 3.05) is 13.6 Å². The average Bonchev–Trinajstić information content (AvgIpc) is 2.74. The lowest BCUT2D eigenvalue weighted by atomic mass is 10.1. The summed E-state index contributed by atoms with van der Waals surface area (Å²) in [5.74, 6) is 0.889. The molecule has 5 nitrogen and oxygen atoms in total. The van der Waals surface area contributed by atoms with Crippen molar-refractivity contribution in [2.24, 2.45) is 0 Å². The van der Waals surface area contributed by atoms with E-state index in [1.165, 1.54) is 0 Å². The Balaban J connectivity index is 1.99. The summed E-state index contributed by atoms with van der Waals surface area (Å²) in [6.07, 6.45) is 3.55. The number of likely N-dealkylation sites (tertiary alicyclic amines) is 1. The Morgan fingerprint density at radius 1 is 1.73 bits per heavy atom. The number of aromatic nitrogens is 1. The lowest BCUT2D eigenvalue weighted by Gasteiger charge is -2.31. The molecule has 1 aliphatic rings. The van der Waals surface area contributed by atoms with Crippen molar-refractivity contribution in [3.05, 3.63) is 18.0 Å². The molecule has 0 spiro atoms. The first-order valence-electron chi connectivity index (χ1n) is 5.17. The van der Waals surface area contributed by atoms with Crippen LogP contribution in [0.3, 0.4) is 0 Å². The van der Waals surface area contributed by atoms with Crippen LogP contribution in [0.2, 0.25) is 0 Å². The van der Waals surface area contributed by atoms with Gasteiger partial charge in [-0.2, -0.15) is 0 Å². The number of piperidine rings is 1. The van der Waals surface area contributed by atoms with Crippen LogP contribution in [0.15, 0.2) is 16.8 Å². The van der Waals surface area contributed by atoms with Crippen molar-refractivity contribution >= 4 is 5.91 Å². The zero-order valence-electron chi connectivity index (χ0n) is 8.77. The largest absolute Gasteiger partial charge is 0.360 e. The Hall–Kier alpha value is -1.36. The van der Waals surface area contributed by atoms with Gasteiger partial charge in [-0.25, -0.2) is 0 Å². The molecule has 2 heterocycles. The molecule has 1 saturated heterocycles. The summed E-state index contributed by atoms with van der Waals surface area (Å²) < 4.78 is 4.99. The highest BCUT2D eigenvalue weighted by molar-refractivity contribution is 5.82. The molecular formula is C10H15N3O2. The number of likely N-dealkylation sites (N-methyl/N-ethyl adjacent to an activating group) is 1. The molecule has 1 unspecified atom stereocenters. The third-order valence-corrected chi connectivity index (χ3v) is 2.72. The van der Waals surface area contributed by atoms with E-state index in [1.807, 2.05) is 11.9 Å². The molecule has 1 aromatic rings. The number of rotatable bonds is 3. The topological polar surface area (TPSA) is 58.4 Å². The van der Waals surface area contributed by atoms with Crippen molar-refractivity contribution in [3.8, 4) is 0 Å². The van der Waals surface area contributed by atoms with Crippen molar-refractivity contribution in [1.29, 1.82) is 0 Å². The summed E-state index contributed by atoms with van der Waals surface area (Å²) >= 11 is 0. The van der Waals surface area contributed by atoms with E-state index in [0.29, 0.717) is 6.54 Å². The van der Waals surface area contributed by atoms with Gasteiger partial charge in [0.15, 0.2) is 5.76 Å². The second-order valence-electron chi connectivity index (χ2n) is 3.72. The minimum atomic E-state index is -0.0401. The zero-order chi connectivity index (χ0) is 10.7. The van der Waals surface area contributed by atoms with E-state index in [4.69, 9.17) is 4.52 Å². The SMILES string of the molecule is CNC1CCCN(Cc2ccno2)C1=O. The molecule has 82 valence electrons. The van der Waals surface area contributed by atoms with E-state index in [1.54, 1.807) is 12.3 Å². The molecule has 0 aromatic carbocycles. The van der Waals surface area contributed by atoms with Crippen molar-refractivity contribution in [3.63, 3.8) is 0 Å². The molecule has 1 atom stereocenters. The third kappa shape index (κ3) is 2.18. The van der Waals surface area contributed by atoms with Crippen molar-refractivity contribution in [2.45, 2.75) is 25.4 Å². The normalized spacial score (nSPS) is 22.1. The molecule has 1 amide bonds. The highest BCUT2D eigenvalue weighted by atomic mass is 16.5. The maximum atomic E-state index is 11.9. The maximum absolute atomic E-state index is 11.9. The molecule has 0 bridgehead atoms. The molecule has 0 saturated carbocycles. The number of nitrogens with one attached hydrogen (secondary N) is 1. The van der Waals surface area contributed by atoms with Crippen LogP contribution >= 0.6 is 0 Å². The number of hydrogen-bond acceptors (Lipinski definition) is 4. The van der Waals surface area contributed by atoms with E-state index < -0.39 is 0 Å². The highest BCUT2D eigenvalue weighted by Gasteiger charge is 2.27. The van der Waals surface area contributed by atoms with E-state index >= 15 is 0 Å². The van der Waals surface area contributed by atoms with Crippen LogP contribution in [0.5, 0.6) is 0 Å². The summed E-state index contributed by atoms with van der Waals surface area (Å²) in [6, 6.07) is 1.75. The van der Waals surface area contributed by atoms with Gasteiger partial charge in [0, 0.05) is 12.6 Å². The van der Waals surface area contributed by atoms with Gasteiger partial charge in [0.25, 0.3) is 0 Å². The summed E-state index contributed by atoms with van der Waals surface area (Å²) in [6.45, 7) is 1.33. The minimum absolute atomic E-state index is 0.0401. The van der Waals surface area contributed by atoms with Crippen LogP contribution in [0, 0.1) is 0 Å². The van der Waals surface area contributed by atoms with Gasteiger partial charge in [-0.1, -0.05) is 5.16 Å². The van der Waals surface area contributed by atoms with E-state index in [2.05, 4.69) is 10.5 Å². The van der Waals surface area contributed by atoms with Gasteiger partial charge in [-0.3, -0.25) is 4.79 Å². The van der Waals surface area contributed by atoms with Gasteiger partial charge >= 0.3 is 0 Å². The first kappa shape index (κ1) is 10.2. The molecule has 0 radical (unpaired) electrons. The van der Waals surface area contributed by atoms with Crippen LogP contribution in [0.25, 0.3) is 0 Å². The van der Waals surface area contributed by atoms with Gasteiger partial charge in [-0.15, -0.1) is 0 Å². The maximum Gasteiger partial charge on any atom is 0.240 e. The van der Waals surface area contributed by atoms with Crippen molar-refractivity contribution in [1.82, 2.24) is 15.4 Å². The van der Waals surface area contributed by atoms with Gasteiger partial charge in [0.05, 0.1) is 18.8 Å². The number of amides is 1. The van der Waals surface area contributed by atoms with Gasteiger partial charge in [-0.05, 0) is 19.9 Å². The first-order valence-corrected chi connectivity index (χ1v) is 5.17. The standard InChI is InChI=1S/C10H15N3O2/c1-11-9-3-2-6-13(10(9)14)7-8-4-5-12-15-8/h4-5,9,11H,2-3,6-7H2,1H3. The predicted molar refractivity (Wildman–Crippen MR) is 54.0 cm³/mol. The predicted octanol–water partition coefficient (Wildman–Crippen LogP) is 0.385. The Kier molecular flexibility index (Phi) is 3.01. The second kappa shape index (κ2) is 4.44. The smallest absolute Gasteiger partial charge is 0.240 e. The highest BCUT2D eigenvalue weighted by Crippen LogP contribution is 2.14. The summed E-state index contributed by atoms with van der Waals surface area (Å²) in [7, 11) is 1.82. The molecule has 5 heteroatoms. The second-order valence-corrected chi connectivity index (χ2v) is 3.72. The average molecular weight is 209 g/mol. The number of nitrogens with zero attached hydrogens (tertiary/aromatic N) is 2. The molecule has 0 aliphatic carbocycles. The fourth-order valence-corrected chi connectivity index (χ4v) is 1.88. The molecule has 1 fully saturated rings. The lowest BCUT2D eigenvalue weighted by Crippen LogP contribution is -2.49. The molecular weight excluding hydrogens is 194 g/mol. The van der Waals surface area contributed by atoms with Crippen LogP contribution < -0.4 is 5.32 Å². The van der Waals surface area contributed by atoms with Gasteiger partial charge in [0.2, 0.25) is 5.91 Å². The van der Waals surface area contributed by atoms with Crippen LogP contribution in [-0.4, -0.2) is 35.6 Å². The number of carbonyl (C=O) groups excluding carboxylic acids is 1. The summed E-state index contributed by atoms with van der Waals surface area (Å²) in [5, 5.41) is 6.65. The first-order chi connectivity index (χ1) is 7.31. The van der Waals surface area contributed by atoms with Crippen LogP contribution in [0.1, 0.15) is 18.6 Å². The third-order valence-electron chi connectivity index (χ3n) is 2.72. The Bertz CT molecular complexity index is 323. The molecule has 2 rings (SSSR count). The molecule has 15 heavy (non-hydrogen) atoms. The lowest BCUT2D eigenvalue weighted by molar-refractivity contribution is -0.136. The summed E-state index contributed by atoms with van der Waals surface area (Å²) in [5.41, 5.74) is 0. The molecule has 1 N–H and O–H groups in total. The fraction of sp³-hybridized carbons (Fsp3) is 0.600. The van der Waals surface area contributed by atoms with E-state index in [0.717, 1.165) is 25.1 Å². The minimum Gasteiger partial charge on any atom is -0.360 e. The Morgan fingerprint density at radius 2 is 2.60 bits per heavy atom. The van der Waals surface area contributed by atoms with Crippen molar-refractivity contribution < 1.29 is 9.32 Å². The fourth-order valence-electron chi connectivity index (χ4n) is 1.88. The van der Waals surface area contributed by atoms with E-state index in [9.17, 15) is 4.79 Å². The van der Waals surface area contributed by atoms with Gasteiger partial charge in [0.1, 0.15) is 0 Å². The van der Waals surface area contributed by atoms with Crippen LogP contribution in [-0.2, 0) is 11.3 Å². The van der Waals surface area contributed by atoms with Gasteiger partial charge < -0.3 is 14.7 Å². The summed E-state index contributed by atoms with van der Waals surface area (Å²) in [4.78, 5) is 13.7. The number of hydrogen-bond donors (Lipinski definition) is 1. The Morgan fingerprint density at radius 3 is 3.27 bits per heavy atom. The zero-order valence-corrected chi connectivity index (χ0v) is 8.77.